The van der Waals surface area contributed by atoms with Gasteiger partial charge in [-0.25, -0.2) is 9.97 Å². The first kappa shape index (κ1) is 21.3. The van der Waals surface area contributed by atoms with Crippen molar-refractivity contribution >= 4 is 22.4 Å². The van der Waals surface area contributed by atoms with Gasteiger partial charge in [-0.05, 0) is 36.6 Å². The molecule has 0 saturated heterocycles. The van der Waals surface area contributed by atoms with Gasteiger partial charge in [0, 0.05) is 36.6 Å². The topological polar surface area (TPSA) is 101 Å². The van der Waals surface area contributed by atoms with Gasteiger partial charge in [0.2, 0.25) is 0 Å². The molecular formula is C20H19F3N4O3. The summed E-state index contributed by atoms with van der Waals surface area (Å²) >= 11 is 0. The molecule has 0 aliphatic rings. The average molecular weight is 420 g/mol. The second-order valence-corrected chi connectivity index (χ2v) is 6.89. The molecule has 0 fully saturated rings. The number of hydrogen-bond acceptors (Lipinski definition) is 6. The smallest absolute Gasteiger partial charge is 0.416 e. The van der Waals surface area contributed by atoms with Crippen molar-refractivity contribution in [2.75, 3.05) is 5.32 Å². The molecular weight excluding hydrogens is 401 g/mol. The molecule has 0 radical (unpaired) electrons. The highest BCUT2D eigenvalue weighted by molar-refractivity contribution is 5.90. The lowest BCUT2D eigenvalue weighted by atomic mass is 10.1. The van der Waals surface area contributed by atoms with E-state index in [1.165, 1.54) is 6.07 Å². The van der Waals surface area contributed by atoms with E-state index in [4.69, 9.17) is 0 Å². The predicted octanol–water partition coefficient (Wildman–Crippen LogP) is 5.14. The first-order valence-corrected chi connectivity index (χ1v) is 9.18. The van der Waals surface area contributed by atoms with Crippen LogP contribution in [0.3, 0.4) is 0 Å². The zero-order chi connectivity index (χ0) is 22.1. The number of anilines is 1. The van der Waals surface area contributed by atoms with Crippen LogP contribution in [-0.2, 0) is 19.1 Å². The second-order valence-electron chi connectivity index (χ2n) is 6.89. The Labute approximate surface area is 169 Å². The molecule has 158 valence electrons. The number of halogens is 3. The number of phenolic OH excluding ortho intramolecular Hbond substituents is 1. The van der Waals surface area contributed by atoms with Crippen LogP contribution in [0.5, 0.6) is 5.75 Å². The van der Waals surface area contributed by atoms with Gasteiger partial charge in [0.15, 0.2) is 0 Å². The van der Waals surface area contributed by atoms with Gasteiger partial charge in [0.25, 0.3) is 5.69 Å². The van der Waals surface area contributed by atoms with Crippen molar-refractivity contribution in [2.45, 2.75) is 39.4 Å². The van der Waals surface area contributed by atoms with E-state index in [1.807, 2.05) is 6.92 Å². The molecule has 3 rings (SSSR count). The Hall–Kier alpha value is -3.43. The zero-order valence-corrected chi connectivity index (χ0v) is 16.2. The Morgan fingerprint density at radius 2 is 1.90 bits per heavy atom. The van der Waals surface area contributed by atoms with Crippen molar-refractivity contribution < 1.29 is 23.2 Å². The Morgan fingerprint density at radius 1 is 1.17 bits per heavy atom. The summed E-state index contributed by atoms with van der Waals surface area (Å²) in [4.78, 5) is 19.0. The number of nitro benzene ring substituents is 1. The molecule has 0 unspecified atom stereocenters. The van der Waals surface area contributed by atoms with E-state index in [1.54, 1.807) is 13.0 Å². The summed E-state index contributed by atoms with van der Waals surface area (Å²) in [6, 6.07) is 5.65. The molecule has 2 aromatic carbocycles. The van der Waals surface area contributed by atoms with Gasteiger partial charge < -0.3 is 10.4 Å². The van der Waals surface area contributed by atoms with Crippen LogP contribution in [0.15, 0.2) is 30.3 Å². The normalized spacial score (nSPS) is 11.6. The number of phenols is 1. The fourth-order valence-electron chi connectivity index (χ4n) is 3.02. The largest absolute Gasteiger partial charge is 0.508 e. The maximum Gasteiger partial charge on any atom is 0.416 e. The summed E-state index contributed by atoms with van der Waals surface area (Å²) in [5.74, 6) is 0.973. The average Bonchev–Trinajstić information content (AvgIpc) is 2.67. The molecule has 7 nitrogen and oxygen atoms in total. The second kappa shape index (κ2) is 8.13. The molecule has 0 bridgehead atoms. The number of nitrogens with zero attached hydrogens (tertiary/aromatic N) is 3. The number of nitro groups is 1. The number of benzene rings is 2. The van der Waals surface area contributed by atoms with Crippen molar-refractivity contribution in [3.05, 3.63) is 63.0 Å². The van der Waals surface area contributed by atoms with Crippen LogP contribution < -0.4 is 5.32 Å². The number of rotatable bonds is 6. The van der Waals surface area contributed by atoms with Crippen LogP contribution in [0.4, 0.5) is 24.7 Å². The lowest BCUT2D eigenvalue weighted by Crippen LogP contribution is -2.10. The minimum Gasteiger partial charge on any atom is -0.508 e. The van der Waals surface area contributed by atoms with Crippen LogP contribution in [0.1, 0.15) is 35.9 Å². The van der Waals surface area contributed by atoms with Gasteiger partial charge in [0.1, 0.15) is 17.4 Å². The fourth-order valence-corrected chi connectivity index (χ4v) is 3.02. The molecule has 0 aliphatic heterocycles. The van der Waals surface area contributed by atoms with Crippen molar-refractivity contribution in [2.24, 2.45) is 0 Å². The fraction of sp³-hybridized carbons (Fsp3) is 0.300. The quantitative estimate of drug-likeness (QED) is 0.423. The third kappa shape index (κ3) is 4.58. The maximum absolute atomic E-state index is 13.1. The minimum atomic E-state index is -4.70. The highest BCUT2D eigenvalue weighted by Gasteiger charge is 2.32. The summed E-state index contributed by atoms with van der Waals surface area (Å²) < 4.78 is 39.3. The predicted molar refractivity (Wildman–Crippen MR) is 105 cm³/mol. The molecule has 0 spiro atoms. The van der Waals surface area contributed by atoms with Gasteiger partial charge in [-0.1, -0.05) is 6.92 Å². The van der Waals surface area contributed by atoms with Gasteiger partial charge in [-0.2, -0.15) is 13.2 Å². The van der Waals surface area contributed by atoms with Crippen molar-refractivity contribution in [1.29, 1.82) is 0 Å². The number of nitrogens with one attached hydrogen (secondary N) is 1. The minimum absolute atomic E-state index is 0.0723. The number of fused-ring (bicyclic) bond motifs is 1. The molecule has 2 N–H and O–H groups in total. The molecule has 0 atom stereocenters. The summed E-state index contributed by atoms with van der Waals surface area (Å²) in [6.07, 6.45) is -3.35. The van der Waals surface area contributed by atoms with Crippen LogP contribution in [0, 0.1) is 17.0 Å². The Kier molecular flexibility index (Phi) is 5.77. The molecule has 0 amide bonds. The van der Waals surface area contributed by atoms with Crippen LogP contribution in [0.25, 0.3) is 10.9 Å². The third-order valence-electron chi connectivity index (χ3n) is 4.51. The van der Waals surface area contributed by atoms with Crippen molar-refractivity contribution in [1.82, 2.24) is 9.97 Å². The summed E-state index contributed by atoms with van der Waals surface area (Å²) in [5, 5.41) is 24.6. The first-order chi connectivity index (χ1) is 14.1. The number of aromatic nitrogens is 2. The molecule has 30 heavy (non-hydrogen) atoms. The maximum atomic E-state index is 13.1. The van der Waals surface area contributed by atoms with Gasteiger partial charge in [0.05, 0.1) is 16.0 Å². The molecule has 3 aromatic rings. The molecule has 10 heteroatoms. The van der Waals surface area contributed by atoms with E-state index in [0.717, 1.165) is 18.6 Å². The van der Waals surface area contributed by atoms with Gasteiger partial charge >= 0.3 is 6.18 Å². The first-order valence-electron chi connectivity index (χ1n) is 9.18. The van der Waals surface area contributed by atoms with Crippen LogP contribution >= 0.6 is 0 Å². The highest BCUT2D eigenvalue weighted by atomic mass is 19.4. The zero-order valence-electron chi connectivity index (χ0n) is 16.2. The summed E-state index contributed by atoms with van der Waals surface area (Å²) in [5.41, 5.74) is -0.549. The number of alkyl halides is 3. The monoisotopic (exact) mass is 420 g/mol. The Balaban J connectivity index is 2.01. The third-order valence-corrected chi connectivity index (χ3v) is 4.51. The number of hydrogen-bond donors (Lipinski definition) is 2. The van der Waals surface area contributed by atoms with Crippen LogP contribution in [-0.4, -0.2) is 20.0 Å². The Morgan fingerprint density at radius 3 is 2.53 bits per heavy atom. The molecule has 1 heterocycles. The molecule has 0 aliphatic carbocycles. The SMILES string of the molecule is CCCc1nc(NCc2cc([N+](=O)[O-])cc(C(F)(F)F)c2)c2cc(C)c(O)cc2n1. The number of aryl methyl sites for hydroxylation is 2. The van der Waals surface area contributed by atoms with Crippen molar-refractivity contribution in [3.8, 4) is 5.75 Å². The molecule has 0 saturated carbocycles. The lowest BCUT2D eigenvalue weighted by molar-refractivity contribution is -0.385. The van der Waals surface area contributed by atoms with E-state index in [2.05, 4.69) is 15.3 Å². The highest BCUT2D eigenvalue weighted by Crippen LogP contribution is 2.33. The van der Waals surface area contributed by atoms with Crippen LogP contribution in [0.2, 0.25) is 0 Å². The van der Waals surface area contributed by atoms with E-state index >= 15 is 0 Å². The molecule has 1 aromatic heterocycles. The standard InChI is InChI=1S/C20H19F3N4O3/c1-3-4-18-25-16-9-17(28)11(2)5-15(16)19(26-18)24-10-12-6-13(20(21,22)23)8-14(7-12)27(29)30/h5-9,28H,3-4,10H2,1-2H3,(H,24,25,26). The summed E-state index contributed by atoms with van der Waals surface area (Å²) in [7, 11) is 0. The number of aromatic hydroxyl groups is 1. The van der Waals surface area contributed by atoms with E-state index in [-0.39, 0.29) is 17.9 Å². The van der Waals surface area contributed by atoms with Gasteiger partial charge in [-0.3, -0.25) is 10.1 Å². The van der Waals surface area contributed by atoms with E-state index < -0.39 is 22.4 Å². The number of non-ortho nitro benzene ring substituents is 1. The van der Waals surface area contributed by atoms with Crippen molar-refractivity contribution in [3.63, 3.8) is 0 Å². The van der Waals surface area contributed by atoms with Gasteiger partial charge in [-0.15, -0.1) is 0 Å². The van der Waals surface area contributed by atoms with E-state index in [9.17, 15) is 28.4 Å². The lowest BCUT2D eigenvalue weighted by Gasteiger charge is -2.13. The van der Waals surface area contributed by atoms with E-state index in [0.29, 0.717) is 40.6 Å². The summed E-state index contributed by atoms with van der Waals surface area (Å²) in [6.45, 7) is 3.55. The Bertz CT molecular complexity index is 1120.